The maximum Gasteiger partial charge on any atom is 0.175 e. The number of aromatic nitrogens is 2. The Morgan fingerprint density at radius 1 is 1.39 bits per heavy atom. The number of carbonyl (C=O) groups is 1. The van der Waals surface area contributed by atoms with Crippen LogP contribution in [0.25, 0.3) is 0 Å². The van der Waals surface area contributed by atoms with Crippen molar-refractivity contribution in [2.45, 2.75) is 30.8 Å². The lowest BCUT2D eigenvalue weighted by molar-refractivity contribution is 0.0994. The second kappa shape index (κ2) is 5.87. The van der Waals surface area contributed by atoms with Crippen LogP contribution >= 0.6 is 11.8 Å². The number of aryl methyl sites for hydroxylation is 1. The molecule has 0 aliphatic rings. The fraction of sp³-hybridized carbons (Fsp3) is 0.286. The molecule has 0 bridgehead atoms. The third-order valence-corrected chi connectivity index (χ3v) is 3.85. The van der Waals surface area contributed by atoms with Gasteiger partial charge in [-0.25, -0.2) is 4.98 Å². The van der Waals surface area contributed by atoms with Crippen LogP contribution in [0.2, 0.25) is 0 Å². The van der Waals surface area contributed by atoms with Crippen LogP contribution in [0, 0.1) is 0 Å². The van der Waals surface area contributed by atoms with Crippen molar-refractivity contribution in [3.63, 3.8) is 0 Å². The molecule has 0 fully saturated rings. The number of hydrogen-bond acceptors (Lipinski definition) is 3. The van der Waals surface area contributed by atoms with Crippen molar-refractivity contribution in [2.75, 3.05) is 0 Å². The van der Waals surface area contributed by atoms with Crippen molar-refractivity contribution in [1.29, 1.82) is 0 Å². The molecule has 2 aromatic rings. The molecule has 0 saturated carbocycles. The first-order valence-electron chi connectivity index (χ1n) is 5.99. The van der Waals surface area contributed by atoms with Gasteiger partial charge in [-0.2, -0.15) is 0 Å². The molecule has 3 nitrogen and oxygen atoms in total. The summed E-state index contributed by atoms with van der Waals surface area (Å²) in [6.45, 7) is 4.86. The highest BCUT2D eigenvalue weighted by Gasteiger charge is 2.18. The minimum atomic E-state index is -0.125. The predicted octanol–water partition coefficient (Wildman–Crippen LogP) is 3.27. The van der Waals surface area contributed by atoms with Gasteiger partial charge in [0.25, 0.3) is 0 Å². The van der Waals surface area contributed by atoms with Gasteiger partial charge in [-0.3, -0.25) is 4.79 Å². The Bertz CT molecular complexity index is 522. The molecule has 1 aromatic carbocycles. The lowest BCUT2D eigenvalue weighted by Gasteiger charge is -2.10. The topological polar surface area (TPSA) is 34.9 Å². The third kappa shape index (κ3) is 2.82. The number of nitrogens with zero attached hydrogens (tertiary/aromatic N) is 2. The highest BCUT2D eigenvalue weighted by molar-refractivity contribution is 8.00. The van der Waals surface area contributed by atoms with Gasteiger partial charge in [0, 0.05) is 24.5 Å². The first-order chi connectivity index (χ1) is 8.72. The predicted molar refractivity (Wildman–Crippen MR) is 74.0 cm³/mol. The fourth-order valence-corrected chi connectivity index (χ4v) is 2.71. The molecule has 0 radical (unpaired) electrons. The van der Waals surface area contributed by atoms with Crippen molar-refractivity contribution in [3.05, 3.63) is 48.3 Å². The van der Waals surface area contributed by atoms with E-state index in [1.807, 2.05) is 48.0 Å². The van der Waals surface area contributed by atoms with E-state index in [9.17, 15) is 4.79 Å². The summed E-state index contributed by atoms with van der Waals surface area (Å²) in [4.78, 5) is 16.5. The lowest BCUT2D eigenvalue weighted by Crippen LogP contribution is -2.14. The van der Waals surface area contributed by atoms with E-state index in [2.05, 4.69) is 11.9 Å². The normalized spacial score (nSPS) is 12.3. The van der Waals surface area contributed by atoms with Crippen molar-refractivity contribution in [1.82, 2.24) is 9.55 Å². The molecule has 0 saturated heterocycles. The summed E-state index contributed by atoms with van der Waals surface area (Å²) >= 11 is 1.51. The van der Waals surface area contributed by atoms with E-state index in [0.717, 1.165) is 17.3 Å². The molecule has 1 aromatic heterocycles. The number of imidazole rings is 1. The van der Waals surface area contributed by atoms with E-state index in [1.165, 1.54) is 11.8 Å². The van der Waals surface area contributed by atoms with Crippen LogP contribution in [-0.2, 0) is 6.54 Å². The summed E-state index contributed by atoms with van der Waals surface area (Å²) in [6.07, 6.45) is 3.70. The highest BCUT2D eigenvalue weighted by atomic mass is 32.2. The van der Waals surface area contributed by atoms with Crippen molar-refractivity contribution in [3.8, 4) is 0 Å². The number of benzene rings is 1. The number of thioether (sulfide) groups is 1. The Kier molecular flexibility index (Phi) is 4.20. The quantitative estimate of drug-likeness (QED) is 0.611. The van der Waals surface area contributed by atoms with Gasteiger partial charge in [-0.15, -0.1) is 0 Å². The van der Waals surface area contributed by atoms with Crippen LogP contribution in [0.15, 0.2) is 47.9 Å². The SMILES string of the molecule is CCn1ccnc1SC(C)C(=O)c1ccccc1. The molecule has 94 valence electrons. The van der Waals surface area contributed by atoms with Crippen molar-refractivity contribution < 1.29 is 4.79 Å². The first kappa shape index (κ1) is 12.9. The Labute approximate surface area is 111 Å². The Morgan fingerprint density at radius 2 is 2.11 bits per heavy atom. The Hall–Kier alpha value is -1.55. The summed E-state index contributed by atoms with van der Waals surface area (Å²) in [5, 5.41) is 0.773. The van der Waals surface area contributed by atoms with Gasteiger partial charge in [0.05, 0.1) is 5.25 Å². The van der Waals surface area contributed by atoms with Crippen LogP contribution in [0.1, 0.15) is 24.2 Å². The van der Waals surface area contributed by atoms with E-state index in [0.29, 0.717) is 0 Å². The number of Topliss-reactive ketones (excluding diaryl/α,β-unsaturated/α-hetero) is 1. The second-order valence-electron chi connectivity index (χ2n) is 3.99. The van der Waals surface area contributed by atoms with E-state index in [4.69, 9.17) is 0 Å². The van der Waals surface area contributed by atoms with Gasteiger partial charge in [-0.05, 0) is 13.8 Å². The van der Waals surface area contributed by atoms with Gasteiger partial charge in [0.15, 0.2) is 10.9 Å². The maximum atomic E-state index is 12.2. The molecule has 1 heterocycles. The molecule has 0 amide bonds. The molecule has 18 heavy (non-hydrogen) atoms. The molecule has 0 aliphatic carbocycles. The molecule has 1 unspecified atom stereocenters. The molecule has 0 N–H and O–H groups in total. The number of carbonyl (C=O) groups excluding carboxylic acids is 1. The Morgan fingerprint density at radius 3 is 2.78 bits per heavy atom. The zero-order chi connectivity index (χ0) is 13.0. The van der Waals surface area contributed by atoms with E-state index >= 15 is 0 Å². The molecule has 0 aliphatic heterocycles. The van der Waals surface area contributed by atoms with E-state index in [-0.39, 0.29) is 11.0 Å². The summed E-state index contributed by atoms with van der Waals surface area (Å²) in [7, 11) is 0. The van der Waals surface area contributed by atoms with Crippen LogP contribution in [0.5, 0.6) is 0 Å². The number of ketones is 1. The van der Waals surface area contributed by atoms with Gasteiger partial charge in [0.2, 0.25) is 0 Å². The fourth-order valence-electron chi connectivity index (χ4n) is 1.70. The van der Waals surface area contributed by atoms with Gasteiger partial charge in [-0.1, -0.05) is 42.1 Å². The van der Waals surface area contributed by atoms with Crippen LogP contribution in [0.4, 0.5) is 0 Å². The zero-order valence-corrected chi connectivity index (χ0v) is 11.4. The summed E-state index contributed by atoms with van der Waals surface area (Å²) in [5.74, 6) is 0.145. The van der Waals surface area contributed by atoms with Crippen molar-refractivity contribution in [2.24, 2.45) is 0 Å². The van der Waals surface area contributed by atoms with Crippen LogP contribution in [-0.4, -0.2) is 20.6 Å². The lowest BCUT2D eigenvalue weighted by atomic mass is 10.1. The third-order valence-electron chi connectivity index (χ3n) is 2.73. The van der Waals surface area contributed by atoms with E-state index in [1.54, 1.807) is 6.20 Å². The van der Waals surface area contributed by atoms with E-state index < -0.39 is 0 Å². The molecule has 4 heteroatoms. The number of hydrogen-bond donors (Lipinski definition) is 0. The first-order valence-corrected chi connectivity index (χ1v) is 6.87. The van der Waals surface area contributed by atoms with Crippen LogP contribution in [0.3, 0.4) is 0 Å². The largest absolute Gasteiger partial charge is 0.326 e. The zero-order valence-electron chi connectivity index (χ0n) is 10.5. The standard InChI is InChI=1S/C14H16N2OS/c1-3-16-10-9-15-14(16)18-11(2)13(17)12-7-5-4-6-8-12/h4-11H,3H2,1-2H3. The second-order valence-corrected chi connectivity index (χ2v) is 5.29. The van der Waals surface area contributed by atoms with Gasteiger partial charge in [0.1, 0.15) is 0 Å². The average molecular weight is 260 g/mol. The number of rotatable bonds is 5. The monoisotopic (exact) mass is 260 g/mol. The molecule has 1 atom stereocenters. The summed E-state index contributed by atoms with van der Waals surface area (Å²) in [6, 6.07) is 9.39. The Balaban J connectivity index is 2.09. The molecular weight excluding hydrogens is 244 g/mol. The summed E-state index contributed by atoms with van der Waals surface area (Å²) < 4.78 is 2.04. The maximum absolute atomic E-state index is 12.2. The summed E-state index contributed by atoms with van der Waals surface area (Å²) in [5.41, 5.74) is 0.757. The molecule has 2 rings (SSSR count). The van der Waals surface area contributed by atoms with Gasteiger partial charge >= 0.3 is 0 Å². The minimum Gasteiger partial charge on any atom is -0.326 e. The van der Waals surface area contributed by atoms with Crippen molar-refractivity contribution >= 4 is 17.5 Å². The average Bonchev–Trinajstić information content (AvgIpc) is 2.86. The highest BCUT2D eigenvalue weighted by Crippen LogP contribution is 2.24. The smallest absolute Gasteiger partial charge is 0.175 e. The molecular formula is C14H16N2OS. The minimum absolute atomic E-state index is 0.125. The van der Waals surface area contributed by atoms with Crippen LogP contribution < -0.4 is 0 Å². The van der Waals surface area contributed by atoms with Gasteiger partial charge < -0.3 is 4.57 Å². The molecule has 0 spiro atoms.